The summed E-state index contributed by atoms with van der Waals surface area (Å²) < 4.78 is 5.43. The van der Waals surface area contributed by atoms with E-state index in [1.54, 1.807) is 0 Å². The minimum atomic E-state index is 0.228. The predicted molar refractivity (Wildman–Crippen MR) is 65.8 cm³/mol. The van der Waals surface area contributed by atoms with Crippen LogP contribution in [-0.4, -0.2) is 25.7 Å². The molecular weight excluding hydrogens is 200 g/mol. The van der Waals surface area contributed by atoms with Crippen LogP contribution in [0.15, 0.2) is 24.3 Å². The number of piperidine rings is 1. The van der Waals surface area contributed by atoms with Crippen LogP contribution in [0.4, 0.5) is 0 Å². The maximum Gasteiger partial charge on any atom is 0.119 e. The molecule has 0 spiro atoms. The highest BCUT2D eigenvalue weighted by Crippen LogP contribution is 2.26. The Labute approximate surface area is 97.0 Å². The molecule has 1 saturated heterocycles. The first-order valence-corrected chi connectivity index (χ1v) is 6.00. The SMILES string of the molecule is CCOc1ccc([C@@H]2CCNC[C@@H]2N)cc1. The van der Waals surface area contributed by atoms with Crippen molar-refractivity contribution in [2.24, 2.45) is 5.73 Å². The normalized spacial score (nSPS) is 25.4. The van der Waals surface area contributed by atoms with E-state index >= 15 is 0 Å². The predicted octanol–water partition coefficient (Wildman–Crippen LogP) is 1.49. The second-order valence-electron chi connectivity index (χ2n) is 4.27. The average molecular weight is 220 g/mol. The van der Waals surface area contributed by atoms with Crippen LogP contribution in [0.5, 0.6) is 5.75 Å². The Hall–Kier alpha value is -1.06. The van der Waals surface area contributed by atoms with Crippen LogP contribution >= 0.6 is 0 Å². The first-order chi connectivity index (χ1) is 7.81. The summed E-state index contributed by atoms with van der Waals surface area (Å²) in [5.41, 5.74) is 7.44. The van der Waals surface area contributed by atoms with Gasteiger partial charge in [-0.15, -0.1) is 0 Å². The first kappa shape index (κ1) is 11.4. The van der Waals surface area contributed by atoms with Gasteiger partial charge in [0, 0.05) is 18.5 Å². The molecular formula is C13H20N2O. The molecule has 0 saturated carbocycles. The smallest absolute Gasteiger partial charge is 0.119 e. The van der Waals surface area contributed by atoms with E-state index < -0.39 is 0 Å². The summed E-state index contributed by atoms with van der Waals surface area (Å²) in [4.78, 5) is 0. The molecule has 88 valence electrons. The van der Waals surface area contributed by atoms with Crippen molar-refractivity contribution in [1.82, 2.24) is 5.32 Å². The largest absolute Gasteiger partial charge is 0.494 e. The lowest BCUT2D eigenvalue weighted by molar-refractivity contribution is 0.339. The summed E-state index contributed by atoms with van der Waals surface area (Å²) in [6, 6.07) is 8.58. The number of nitrogens with one attached hydrogen (secondary N) is 1. The van der Waals surface area contributed by atoms with Gasteiger partial charge in [-0.25, -0.2) is 0 Å². The van der Waals surface area contributed by atoms with Crippen molar-refractivity contribution in [3.8, 4) is 5.75 Å². The monoisotopic (exact) mass is 220 g/mol. The fourth-order valence-corrected chi connectivity index (χ4v) is 2.27. The molecule has 1 aliphatic heterocycles. The van der Waals surface area contributed by atoms with Crippen LogP contribution in [0, 0.1) is 0 Å². The Kier molecular flexibility index (Phi) is 3.80. The van der Waals surface area contributed by atoms with Gasteiger partial charge in [0.05, 0.1) is 6.61 Å². The molecule has 1 heterocycles. The lowest BCUT2D eigenvalue weighted by atomic mass is 9.87. The van der Waals surface area contributed by atoms with Gasteiger partial charge in [0.1, 0.15) is 5.75 Å². The maximum absolute atomic E-state index is 6.11. The Balaban J connectivity index is 2.08. The fraction of sp³-hybridized carbons (Fsp3) is 0.538. The minimum absolute atomic E-state index is 0.228. The Bertz CT molecular complexity index is 323. The maximum atomic E-state index is 6.11. The number of hydrogen-bond acceptors (Lipinski definition) is 3. The van der Waals surface area contributed by atoms with E-state index in [1.165, 1.54) is 5.56 Å². The van der Waals surface area contributed by atoms with E-state index in [0.717, 1.165) is 25.3 Å². The zero-order chi connectivity index (χ0) is 11.4. The molecule has 0 aromatic heterocycles. The summed E-state index contributed by atoms with van der Waals surface area (Å²) in [6.45, 7) is 4.69. The molecule has 0 radical (unpaired) electrons. The van der Waals surface area contributed by atoms with Gasteiger partial charge >= 0.3 is 0 Å². The van der Waals surface area contributed by atoms with E-state index in [4.69, 9.17) is 10.5 Å². The summed E-state index contributed by atoms with van der Waals surface area (Å²) in [5, 5.41) is 3.32. The van der Waals surface area contributed by atoms with Crippen molar-refractivity contribution in [2.45, 2.75) is 25.3 Å². The molecule has 1 aromatic carbocycles. The molecule has 0 amide bonds. The molecule has 1 aliphatic rings. The highest BCUT2D eigenvalue weighted by molar-refractivity contribution is 5.30. The lowest BCUT2D eigenvalue weighted by Gasteiger charge is -2.29. The fourth-order valence-electron chi connectivity index (χ4n) is 2.27. The van der Waals surface area contributed by atoms with Crippen molar-refractivity contribution < 1.29 is 4.74 Å². The van der Waals surface area contributed by atoms with Crippen molar-refractivity contribution in [3.63, 3.8) is 0 Å². The molecule has 3 nitrogen and oxygen atoms in total. The number of ether oxygens (including phenoxy) is 1. The molecule has 1 aromatic rings. The van der Waals surface area contributed by atoms with Crippen molar-refractivity contribution >= 4 is 0 Å². The highest BCUT2D eigenvalue weighted by Gasteiger charge is 2.22. The average Bonchev–Trinajstić information content (AvgIpc) is 2.31. The van der Waals surface area contributed by atoms with E-state index in [2.05, 4.69) is 17.4 Å². The quantitative estimate of drug-likeness (QED) is 0.811. The number of hydrogen-bond donors (Lipinski definition) is 2. The van der Waals surface area contributed by atoms with Crippen LogP contribution in [0.1, 0.15) is 24.8 Å². The molecule has 0 aliphatic carbocycles. The van der Waals surface area contributed by atoms with Crippen molar-refractivity contribution in [2.75, 3.05) is 19.7 Å². The molecule has 2 rings (SSSR count). The standard InChI is InChI=1S/C13H20N2O/c1-2-16-11-5-3-10(4-6-11)12-7-8-15-9-13(12)14/h3-6,12-13,15H,2,7-9,14H2,1H3/t12-,13-/m0/s1. The van der Waals surface area contributed by atoms with E-state index in [9.17, 15) is 0 Å². The minimum Gasteiger partial charge on any atom is -0.494 e. The number of nitrogens with two attached hydrogens (primary N) is 1. The van der Waals surface area contributed by atoms with Gasteiger partial charge in [0.15, 0.2) is 0 Å². The van der Waals surface area contributed by atoms with E-state index in [0.29, 0.717) is 12.5 Å². The van der Waals surface area contributed by atoms with Gasteiger partial charge in [-0.05, 0) is 37.6 Å². The van der Waals surface area contributed by atoms with Crippen LogP contribution in [0.3, 0.4) is 0 Å². The summed E-state index contributed by atoms with van der Waals surface area (Å²) in [6.07, 6.45) is 1.12. The van der Waals surface area contributed by atoms with Gasteiger partial charge in [0.25, 0.3) is 0 Å². The third-order valence-electron chi connectivity index (χ3n) is 3.15. The molecule has 2 atom stereocenters. The van der Waals surface area contributed by atoms with Gasteiger partial charge in [-0.2, -0.15) is 0 Å². The van der Waals surface area contributed by atoms with Crippen LogP contribution in [0.2, 0.25) is 0 Å². The summed E-state index contributed by atoms with van der Waals surface area (Å²) >= 11 is 0. The second-order valence-corrected chi connectivity index (χ2v) is 4.27. The number of benzene rings is 1. The molecule has 0 bridgehead atoms. The van der Waals surface area contributed by atoms with Crippen LogP contribution in [-0.2, 0) is 0 Å². The van der Waals surface area contributed by atoms with Crippen LogP contribution < -0.4 is 15.8 Å². The molecule has 1 fully saturated rings. The third kappa shape index (κ3) is 2.54. The Morgan fingerprint density at radius 3 is 2.75 bits per heavy atom. The van der Waals surface area contributed by atoms with E-state index in [1.807, 2.05) is 19.1 Å². The summed E-state index contributed by atoms with van der Waals surface area (Å²) in [5.74, 6) is 1.42. The van der Waals surface area contributed by atoms with Gasteiger partial charge in [-0.3, -0.25) is 0 Å². The van der Waals surface area contributed by atoms with E-state index in [-0.39, 0.29) is 6.04 Å². The zero-order valence-corrected chi connectivity index (χ0v) is 9.78. The highest BCUT2D eigenvalue weighted by atomic mass is 16.5. The Morgan fingerprint density at radius 1 is 1.38 bits per heavy atom. The first-order valence-electron chi connectivity index (χ1n) is 6.00. The van der Waals surface area contributed by atoms with Crippen LogP contribution in [0.25, 0.3) is 0 Å². The zero-order valence-electron chi connectivity index (χ0n) is 9.78. The number of rotatable bonds is 3. The summed E-state index contributed by atoms with van der Waals surface area (Å²) in [7, 11) is 0. The Morgan fingerprint density at radius 2 is 2.12 bits per heavy atom. The van der Waals surface area contributed by atoms with Crippen molar-refractivity contribution in [3.05, 3.63) is 29.8 Å². The molecule has 0 unspecified atom stereocenters. The molecule has 16 heavy (non-hydrogen) atoms. The lowest BCUT2D eigenvalue weighted by Crippen LogP contribution is -2.44. The van der Waals surface area contributed by atoms with Gasteiger partial charge in [-0.1, -0.05) is 12.1 Å². The van der Waals surface area contributed by atoms with Gasteiger partial charge in [0.2, 0.25) is 0 Å². The van der Waals surface area contributed by atoms with Gasteiger partial charge < -0.3 is 15.8 Å². The molecule has 3 heteroatoms. The third-order valence-corrected chi connectivity index (χ3v) is 3.15. The van der Waals surface area contributed by atoms with Crippen molar-refractivity contribution in [1.29, 1.82) is 0 Å². The topological polar surface area (TPSA) is 47.3 Å². The second kappa shape index (κ2) is 5.32. The molecule has 3 N–H and O–H groups in total.